The SMILES string of the molecule is Cc1nc2c(NC(=O)c3c(Cl)cccc3Cl)cccn2c1C[N+](C)(C)C.[I-]. The van der Waals surface area contributed by atoms with Gasteiger partial charge in [-0.2, -0.15) is 0 Å². The highest BCUT2D eigenvalue weighted by Gasteiger charge is 2.20. The highest BCUT2D eigenvalue weighted by Crippen LogP contribution is 2.27. The van der Waals surface area contributed by atoms with E-state index < -0.39 is 0 Å². The molecule has 2 aromatic heterocycles. The molecule has 3 aromatic rings. The van der Waals surface area contributed by atoms with Crippen LogP contribution in [0.2, 0.25) is 10.0 Å². The molecule has 0 aliphatic heterocycles. The van der Waals surface area contributed by atoms with Gasteiger partial charge in [-0.3, -0.25) is 9.20 Å². The number of quaternary nitrogens is 1. The molecule has 27 heavy (non-hydrogen) atoms. The van der Waals surface area contributed by atoms with Gasteiger partial charge in [-0.25, -0.2) is 4.98 Å². The van der Waals surface area contributed by atoms with Crippen molar-refractivity contribution in [1.29, 1.82) is 0 Å². The van der Waals surface area contributed by atoms with Crippen molar-refractivity contribution in [2.24, 2.45) is 0 Å². The summed E-state index contributed by atoms with van der Waals surface area (Å²) in [6, 6.07) is 8.69. The lowest BCUT2D eigenvalue weighted by Crippen LogP contribution is -3.00. The Labute approximate surface area is 185 Å². The molecule has 0 aliphatic carbocycles. The summed E-state index contributed by atoms with van der Waals surface area (Å²) in [5.41, 5.74) is 3.62. The van der Waals surface area contributed by atoms with Gasteiger partial charge in [0.25, 0.3) is 5.91 Å². The van der Waals surface area contributed by atoms with Crippen LogP contribution < -0.4 is 29.3 Å². The van der Waals surface area contributed by atoms with Crippen molar-refractivity contribution in [1.82, 2.24) is 9.38 Å². The predicted molar refractivity (Wildman–Crippen MR) is 106 cm³/mol. The minimum absolute atomic E-state index is 0. The van der Waals surface area contributed by atoms with Gasteiger partial charge < -0.3 is 33.8 Å². The number of amides is 1. The first-order valence-electron chi connectivity index (χ1n) is 8.20. The van der Waals surface area contributed by atoms with E-state index in [1.807, 2.05) is 29.7 Å². The second-order valence-electron chi connectivity index (χ2n) is 7.26. The maximum Gasteiger partial charge on any atom is 0.258 e. The number of anilines is 1. The highest BCUT2D eigenvalue weighted by molar-refractivity contribution is 6.40. The topological polar surface area (TPSA) is 46.4 Å². The van der Waals surface area contributed by atoms with Gasteiger partial charge in [-0.05, 0) is 31.2 Å². The first-order chi connectivity index (χ1) is 12.2. The van der Waals surface area contributed by atoms with E-state index in [-0.39, 0.29) is 35.4 Å². The monoisotopic (exact) mass is 518 g/mol. The van der Waals surface area contributed by atoms with E-state index in [1.165, 1.54) is 0 Å². The fourth-order valence-electron chi connectivity index (χ4n) is 2.87. The normalized spacial score (nSPS) is 11.3. The van der Waals surface area contributed by atoms with Crippen molar-refractivity contribution >= 4 is 40.4 Å². The van der Waals surface area contributed by atoms with E-state index in [0.29, 0.717) is 21.4 Å². The second-order valence-corrected chi connectivity index (χ2v) is 8.07. The van der Waals surface area contributed by atoms with Gasteiger partial charge in [0.05, 0.1) is 48.1 Å². The number of pyridine rings is 1. The van der Waals surface area contributed by atoms with E-state index in [4.69, 9.17) is 23.2 Å². The zero-order valence-electron chi connectivity index (χ0n) is 15.6. The molecule has 0 bridgehead atoms. The van der Waals surface area contributed by atoms with Crippen LogP contribution in [0, 0.1) is 6.92 Å². The Hall–Kier alpha value is -1.35. The number of nitrogens with zero attached hydrogens (tertiary/aromatic N) is 3. The van der Waals surface area contributed by atoms with Crippen molar-refractivity contribution in [3.05, 3.63) is 63.5 Å². The smallest absolute Gasteiger partial charge is 0.258 e. The number of rotatable bonds is 4. The average molecular weight is 519 g/mol. The van der Waals surface area contributed by atoms with E-state index in [1.54, 1.807) is 18.2 Å². The Morgan fingerprint density at radius 1 is 1.15 bits per heavy atom. The zero-order chi connectivity index (χ0) is 19.1. The molecule has 0 spiro atoms. The number of halogens is 3. The van der Waals surface area contributed by atoms with Crippen LogP contribution in [-0.4, -0.2) is 40.9 Å². The van der Waals surface area contributed by atoms with E-state index in [2.05, 4.69) is 31.4 Å². The molecule has 3 rings (SSSR count). The van der Waals surface area contributed by atoms with Crippen LogP contribution in [0.1, 0.15) is 21.7 Å². The molecule has 0 radical (unpaired) electrons. The van der Waals surface area contributed by atoms with Gasteiger partial charge >= 0.3 is 0 Å². The fourth-order valence-corrected chi connectivity index (χ4v) is 3.44. The van der Waals surface area contributed by atoms with Crippen molar-refractivity contribution in [3.8, 4) is 0 Å². The number of nitrogens with one attached hydrogen (secondary N) is 1. The Balaban J connectivity index is 0.00000261. The van der Waals surface area contributed by atoms with Crippen molar-refractivity contribution in [3.63, 3.8) is 0 Å². The van der Waals surface area contributed by atoms with Gasteiger partial charge in [0.1, 0.15) is 12.2 Å². The summed E-state index contributed by atoms with van der Waals surface area (Å²) in [5, 5.41) is 3.51. The standard InChI is InChI=1S/C19H20Cl2N4O.HI/c1-12-16(11-25(2,3)4)24-10-6-9-15(18(24)22-12)23-19(26)17-13(20)7-5-8-14(17)21;/h5-10H,11H2,1-4H3;1H. The number of benzene rings is 1. The highest BCUT2D eigenvalue weighted by atomic mass is 127. The van der Waals surface area contributed by atoms with E-state index >= 15 is 0 Å². The van der Waals surface area contributed by atoms with Gasteiger partial charge in [0.15, 0.2) is 5.65 Å². The summed E-state index contributed by atoms with van der Waals surface area (Å²) >= 11 is 12.3. The molecule has 0 aliphatic rings. The zero-order valence-corrected chi connectivity index (χ0v) is 19.2. The summed E-state index contributed by atoms with van der Waals surface area (Å²) in [5.74, 6) is -0.359. The number of hydrogen-bond donors (Lipinski definition) is 1. The molecular weight excluding hydrogens is 498 g/mol. The van der Waals surface area contributed by atoms with Crippen molar-refractivity contribution in [2.45, 2.75) is 13.5 Å². The summed E-state index contributed by atoms with van der Waals surface area (Å²) in [7, 11) is 6.39. The number of aryl methyl sites for hydroxylation is 1. The second kappa shape index (κ2) is 8.34. The lowest BCUT2D eigenvalue weighted by atomic mass is 10.2. The van der Waals surface area contributed by atoms with Crippen LogP contribution in [-0.2, 0) is 6.54 Å². The van der Waals surface area contributed by atoms with E-state index in [9.17, 15) is 4.79 Å². The lowest BCUT2D eigenvalue weighted by Gasteiger charge is -2.23. The first-order valence-corrected chi connectivity index (χ1v) is 8.95. The lowest BCUT2D eigenvalue weighted by molar-refractivity contribution is -0.884. The number of carbonyl (C=O) groups excluding carboxylic acids is 1. The molecule has 0 atom stereocenters. The molecular formula is C19H21Cl2IN4O. The van der Waals surface area contributed by atoms with Gasteiger partial charge in [-0.1, -0.05) is 29.3 Å². The summed E-state index contributed by atoms with van der Waals surface area (Å²) < 4.78 is 2.79. The number of hydrogen-bond acceptors (Lipinski definition) is 2. The minimum Gasteiger partial charge on any atom is -1.00 e. The Morgan fingerprint density at radius 3 is 2.37 bits per heavy atom. The third-order valence-electron chi connectivity index (χ3n) is 4.01. The van der Waals surface area contributed by atoms with E-state index in [0.717, 1.165) is 22.4 Å². The number of imidazole rings is 1. The molecule has 0 fully saturated rings. The Kier molecular flexibility index (Phi) is 6.78. The van der Waals surface area contributed by atoms with Crippen LogP contribution in [0.5, 0.6) is 0 Å². The molecule has 1 amide bonds. The largest absolute Gasteiger partial charge is 1.00 e. The molecule has 1 aromatic carbocycles. The molecule has 1 N–H and O–H groups in total. The molecule has 0 saturated carbocycles. The predicted octanol–water partition coefficient (Wildman–Crippen LogP) is 1.41. The molecule has 144 valence electrons. The summed E-state index contributed by atoms with van der Waals surface area (Å²) in [4.78, 5) is 17.4. The van der Waals surface area contributed by atoms with Gasteiger partial charge in [0, 0.05) is 6.20 Å². The maximum atomic E-state index is 12.7. The quantitative estimate of drug-likeness (QED) is 0.419. The third kappa shape index (κ3) is 4.74. The van der Waals surface area contributed by atoms with Crippen LogP contribution in [0.3, 0.4) is 0 Å². The third-order valence-corrected chi connectivity index (χ3v) is 4.64. The summed E-state index contributed by atoms with van der Waals surface area (Å²) in [6.45, 7) is 2.80. The van der Waals surface area contributed by atoms with Crippen molar-refractivity contribution < 1.29 is 33.3 Å². The fraction of sp³-hybridized carbons (Fsp3) is 0.263. The van der Waals surface area contributed by atoms with Crippen LogP contribution in [0.15, 0.2) is 36.5 Å². The van der Waals surface area contributed by atoms with Crippen LogP contribution in [0.25, 0.3) is 5.65 Å². The number of aromatic nitrogens is 2. The minimum atomic E-state index is -0.359. The molecule has 8 heteroatoms. The van der Waals surface area contributed by atoms with Gasteiger partial charge in [-0.15, -0.1) is 0 Å². The van der Waals surface area contributed by atoms with Crippen LogP contribution in [0.4, 0.5) is 5.69 Å². The average Bonchev–Trinajstić information content (AvgIpc) is 2.83. The van der Waals surface area contributed by atoms with Crippen molar-refractivity contribution in [2.75, 3.05) is 26.5 Å². The maximum absolute atomic E-state index is 12.7. The van der Waals surface area contributed by atoms with Gasteiger partial charge in [0.2, 0.25) is 0 Å². The Morgan fingerprint density at radius 2 is 1.78 bits per heavy atom. The Bertz CT molecular complexity index is 975. The molecule has 5 nitrogen and oxygen atoms in total. The molecule has 0 saturated heterocycles. The molecule has 0 unspecified atom stereocenters. The first kappa shape index (κ1) is 21.9. The van der Waals surface area contributed by atoms with Crippen LogP contribution >= 0.6 is 23.2 Å². The summed E-state index contributed by atoms with van der Waals surface area (Å²) in [6.07, 6.45) is 1.96. The number of fused-ring (bicyclic) bond motifs is 1. The number of carbonyl (C=O) groups is 1. The molecule has 2 heterocycles.